The van der Waals surface area contributed by atoms with E-state index < -0.39 is 5.54 Å². The largest absolute Gasteiger partial charge is 0.494 e. The summed E-state index contributed by atoms with van der Waals surface area (Å²) in [7, 11) is 0. The van der Waals surface area contributed by atoms with Crippen LogP contribution in [0.15, 0.2) is 76.8 Å². The van der Waals surface area contributed by atoms with Gasteiger partial charge in [0.05, 0.1) is 13.2 Å². The molecule has 1 aliphatic heterocycles. The Balaban J connectivity index is 1.62. The number of azide groups is 1. The number of carbonyl (C=O) groups excluding carboxylic acids is 1. The highest BCUT2D eigenvalue weighted by Crippen LogP contribution is 2.30. The van der Waals surface area contributed by atoms with Crippen molar-refractivity contribution in [1.82, 2.24) is 5.32 Å². The Hall–Kier alpha value is -3.75. The number of halogens is 2. The first-order valence-electron chi connectivity index (χ1n) is 12.3. The molecule has 1 heterocycles. The van der Waals surface area contributed by atoms with Crippen molar-refractivity contribution in [3.63, 3.8) is 0 Å². The summed E-state index contributed by atoms with van der Waals surface area (Å²) in [6, 6.07) is 19.8. The lowest BCUT2D eigenvalue weighted by Crippen LogP contribution is -2.48. The van der Waals surface area contributed by atoms with Gasteiger partial charge in [0.2, 0.25) is 5.90 Å². The Bertz CT molecular complexity index is 1390. The van der Waals surface area contributed by atoms with Gasteiger partial charge >= 0.3 is 0 Å². The second-order valence-electron chi connectivity index (χ2n) is 8.94. The van der Waals surface area contributed by atoms with Crippen molar-refractivity contribution in [2.45, 2.75) is 31.5 Å². The maximum atomic E-state index is 13.7. The van der Waals surface area contributed by atoms with Crippen molar-refractivity contribution in [1.29, 1.82) is 0 Å². The third kappa shape index (κ3) is 7.22. The number of nitrogens with zero attached hydrogens (tertiary/aromatic N) is 4. The zero-order chi connectivity index (χ0) is 27.7. The Morgan fingerprint density at radius 2 is 1.90 bits per heavy atom. The van der Waals surface area contributed by atoms with Crippen molar-refractivity contribution >= 4 is 35.0 Å². The maximum absolute atomic E-state index is 13.7. The molecule has 0 bridgehead atoms. The van der Waals surface area contributed by atoms with Crippen LogP contribution < -0.4 is 10.1 Å². The van der Waals surface area contributed by atoms with E-state index in [4.69, 9.17) is 48.3 Å². The van der Waals surface area contributed by atoms with Gasteiger partial charge in [0.25, 0.3) is 5.91 Å². The number of hydrogen-bond donors (Lipinski definition) is 2. The maximum Gasteiger partial charge on any atom is 0.252 e. The number of benzene rings is 3. The van der Waals surface area contributed by atoms with E-state index in [0.29, 0.717) is 45.8 Å². The van der Waals surface area contributed by atoms with E-state index in [-0.39, 0.29) is 38.6 Å². The van der Waals surface area contributed by atoms with Crippen LogP contribution in [0.3, 0.4) is 0 Å². The molecule has 1 amide bonds. The molecule has 9 nitrogen and oxygen atoms in total. The minimum absolute atomic E-state index is 0.0210. The molecule has 0 saturated carbocycles. The van der Waals surface area contributed by atoms with E-state index in [1.807, 2.05) is 36.4 Å². The summed E-state index contributed by atoms with van der Waals surface area (Å²) in [5.41, 5.74) is 10.6. The fraction of sp³-hybridized carbons (Fsp3) is 0.286. The van der Waals surface area contributed by atoms with Crippen molar-refractivity contribution in [2.24, 2.45) is 10.1 Å². The molecule has 202 valence electrons. The van der Waals surface area contributed by atoms with Crippen molar-refractivity contribution in [2.75, 3.05) is 19.8 Å². The Morgan fingerprint density at radius 3 is 2.62 bits per heavy atom. The molecule has 0 aliphatic carbocycles. The highest BCUT2D eigenvalue weighted by Gasteiger charge is 2.44. The fourth-order valence-corrected chi connectivity index (χ4v) is 4.62. The molecular formula is C28H27Cl2N5O4. The first kappa shape index (κ1) is 28.3. The summed E-state index contributed by atoms with van der Waals surface area (Å²) < 4.78 is 11.6. The molecule has 1 aliphatic rings. The molecule has 3 aromatic carbocycles. The number of aliphatic hydroxyl groups is 1. The number of carbonyl (C=O) groups is 1. The van der Waals surface area contributed by atoms with Crippen LogP contribution in [0.1, 0.15) is 28.7 Å². The van der Waals surface area contributed by atoms with E-state index in [1.165, 1.54) is 0 Å². The van der Waals surface area contributed by atoms with Gasteiger partial charge in [-0.05, 0) is 58.6 Å². The average molecular weight is 568 g/mol. The van der Waals surface area contributed by atoms with Crippen LogP contribution in [0, 0.1) is 0 Å². The van der Waals surface area contributed by atoms with Crippen molar-refractivity contribution in [3.8, 4) is 5.75 Å². The second kappa shape index (κ2) is 13.4. The van der Waals surface area contributed by atoms with Crippen LogP contribution in [-0.2, 0) is 29.0 Å². The molecule has 0 spiro atoms. The van der Waals surface area contributed by atoms with Gasteiger partial charge in [0, 0.05) is 46.5 Å². The summed E-state index contributed by atoms with van der Waals surface area (Å²) in [4.78, 5) is 21.4. The van der Waals surface area contributed by atoms with Gasteiger partial charge in [-0.1, -0.05) is 58.6 Å². The molecule has 0 aromatic heterocycles. The van der Waals surface area contributed by atoms with Crippen LogP contribution in [0.2, 0.25) is 10.0 Å². The van der Waals surface area contributed by atoms with E-state index >= 15 is 0 Å². The monoisotopic (exact) mass is 567 g/mol. The quantitative estimate of drug-likeness (QED) is 0.127. The number of hydrogen-bond acceptors (Lipinski definition) is 6. The molecule has 2 N–H and O–H groups in total. The Morgan fingerprint density at radius 1 is 1.13 bits per heavy atom. The van der Waals surface area contributed by atoms with Crippen LogP contribution in [0.4, 0.5) is 0 Å². The zero-order valence-electron chi connectivity index (χ0n) is 21.0. The molecule has 11 heteroatoms. The fourth-order valence-electron chi connectivity index (χ4n) is 4.14. The summed E-state index contributed by atoms with van der Waals surface area (Å²) in [5, 5.41) is 16.6. The summed E-state index contributed by atoms with van der Waals surface area (Å²) in [6.07, 6.45) is 0.772. The van der Waals surface area contributed by atoms with E-state index in [9.17, 15) is 4.79 Å². The number of rotatable bonds is 12. The topological polar surface area (TPSA) is 129 Å². The molecule has 0 radical (unpaired) electrons. The molecule has 0 unspecified atom stereocenters. The number of aliphatic imine (C=N–C) groups is 1. The smallest absolute Gasteiger partial charge is 0.252 e. The van der Waals surface area contributed by atoms with Gasteiger partial charge in [0.15, 0.2) is 5.54 Å². The molecule has 3 aromatic rings. The minimum Gasteiger partial charge on any atom is -0.494 e. The number of aliphatic hydroxyl groups excluding tert-OH is 1. The lowest BCUT2D eigenvalue weighted by Gasteiger charge is -2.24. The zero-order valence-corrected chi connectivity index (χ0v) is 22.5. The average Bonchev–Trinajstić information content (AvgIpc) is 3.38. The summed E-state index contributed by atoms with van der Waals surface area (Å²) >= 11 is 12.3. The Kier molecular flexibility index (Phi) is 9.68. The lowest BCUT2D eigenvalue weighted by molar-refractivity contribution is -0.126. The van der Waals surface area contributed by atoms with Crippen LogP contribution in [-0.4, -0.2) is 42.3 Å². The van der Waals surface area contributed by atoms with Gasteiger partial charge in [-0.2, -0.15) is 0 Å². The first-order valence-corrected chi connectivity index (χ1v) is 13.1. The standard InChI is InChI=1S/C28H27Cl2N5O4/c29-23-9-6-22(25(30)14-23)16-32-27(37)28(15-20-4-1-2-5-21(20)17-33-35-31)18-39-26(34-28)19-7-10-24(11-8-19)38-13-3-12-36/h1-2,4-11,14,36H,3,12-13,15-18H2,(H,32,37)/t28-/m1/s1. The first-order chi connectivity index (χ1) is 18.9. The highest BCUT2D eigenvalue weighted by atomic mass is 35.5. The van der Waals surface area contributed by atoms with Gasteiger partial charge < -0.3 is 19.9 Å². The number of nitrogens with one attached hydrogen (secondary N) is 1. The third-order valence-electron chi connectivity index (χ3n) is 6.22. The molecule has 4 rings (SSSR count). The van der Waals surface area contributed by atoms with E-state index in [2.05, 4.69) is 15.3 Å². The minimum atomic E-state index is -1.27. The van der Waals surface area contributed by atoms with Crippen molar-refractivity contribution < 1.29 is 19.4 Å². The highest BCUT2D eigenvalue weighted by molar-refractivity contribution is 6.35. The van der Waals surface area contributed by atoms with Crippen molar-refractivity contribution in [3.05, 3.63) is 109 Å². The lowest BCUT2D eigenvalue weighted by atomic mass is 9.89. The summed E-state index contributed by atoms with van der Waals surface area (Å²) in [6.45, 7) is 0.821. The Labute approximate surface area is 236 Å². The summed E-state index contributed by atoms with van der Waals surface area (Å²) in [5.74, 6) is 0.664. The van der Waals surface area contributed by atoms with E-state index in [1.54, 1.807) is 30.3 Å². The molecule has 0 saturated heterocycles. The van der Waals surface area contributed by atoms with Gasteiger partial charge in [-0.3, -0.25) is 4.79 Å². The molecular weight excluding hydrogens is 541 g/mol. The predicted molar refractivity (Wildman–Crippen MR) is 150 cm³/mol. The second-order valence-corrected chi connectivity index (χ2v) is 9.78. The van der Waals surface area contributed by atoms with Gasteiger partial charge in [-0.25, -0.2) is 4.99 Å². The SMILES string of the molecule is [N-]=[N+]=NCc1ccccc1C[C@]1(C(=O)NCc2ccc(Cl)cc2Cl)COC(c2ccc(OCCCO)cc2)=N1. The van der Waals surface area contributed by atoms with Gasteiger partial charge in [0.1, 0.15) is 12.4 Å². The van der Waals surface area contributed by atoms with E-state index in [0.717, 1.165) is 11.1 Å². The predicted octanol–water partition coefficient (Wildman–Crippen LogP) is 5.64. The normalized spacial score (nSPS) is 16.1. The number of ether oxygens (including phenoxy) is 2. The number of amides is 1. The van der Waals surface area contributed by atoms with Crippen LogP contribution in [0.25, 0.3) is 10.4 Å². The molecule has 39 heavy (non-hydrogen) atoms. The van der Waals surface area contributed by atoms with Gasteiger partial charge in [-0.15, -0.1) is 0 Å². The molecule has 1 atom stereocenters. The van der Waals surface area contributed by atoms with Crippen LogP contribution in [0.5, 0.6) is 5.75 Å². The third-order valence-corrected chi connectivity index (χ3v) is 6.81. The van der Waals surface area contributed by atoms with Crippen LogP contribution >= 0.6 is 23.2 Å². The molecule has 0 fully saturated rings.